The largest absolute Gasteiger partial charge is 0.346 e. The fraction of sp³-hybridized carbons (Fsp3) is 0.333. The average Bonchev–Trinajstić information content (AvgIpc) is 3.26. The number of para-hydroxylation sites is 1. The van der Waals surface area contributed by atoms with Crippen molar-refractivity contribution in [1.82, 2.24) is 14.3 Å². The number of hydrogen-bond donors (Lipinski definition) is 1. The maximum Gasteiger partial charge on any atom is 0.346 e. The molecule has 164 valence electrons. The molecule has 1 N–H and O–H groups in total. The van der Waals surface area contributed by atoms with Gasteiger partial charge in [0.25, 0.3) is 5.91 Å². The van der Waals surface area contributed by atoms with Crippen LogP contribution in [0.1, 0.15) is 41.0 Å². The zero-order valence-electron chi connectivity index (χ0n) is 17.8. The molecule has 0 spiro atoms. The fourth-order valence-electron chi connectivity index (χ4n) is 4.47. The van der Waals surface area contributed by atoms with E-state index in [1.165, 1.54) is 10.2 Å². The van der Waals surface area contributed by atoms with Crippen LogP contribution in [0.5, 0.6) is 0 Å². The van der Waals surface area contributed by atoms with Crippen LogP contribution < -0.4 is 15.9 Å². The Kier molecular flexibility index (Phi) is 5.34. The molecule has 2 aliphatic heterocycles. The van der Waals surface area contributed by atoms with Crippen molar-refractivity contribution in [3.63, 3.8) is 0 Å². The average molecular weight is 431 g/mol. The van der Waals surface area contributed by atoms with Crippen LogP contribution >= 0.6 is 0 Å². The molecule has 3 heterocycles. The van der Waals surface area contributed by atoms with E-state index in [0.29, 0.717) is 24.3 Å². The van der Waals surface area contributed by atoms with Crippen LogP contribution in [0.4, 0.5) is 11.4 Å². The van der Waals surface area contributed by atoms with Gasteiger partial charge in [-0.25, -0.2) is 9.48 Å². The molecular formula is C24H25N5O3. The Labute approximate surface area is 185 Å². The highest BCUT2D eigenvalue weighted by Gasteiger charge is 2.25. The topological polar surface area (TPSA) is 89.2 Å². The SMILES string of the molecule is O=C(Cn1nc2n(c1=O)CCCCC2)Nc1ccc(C(=O)N2CCc3ccccc32)cc1. The van der Waals surface area contributed by atoms with Crippen molar-refractivity contribution in [2.24, 2.45) is 0 Å². The van der Waals surface area contributed by atoms with Crippen molar-refractivity contribution < 1.29 is 9.59 Å². The molecule has 8 heteroatoms. The van der Waals surface area contributed by atoms with E-state index in [4.69, 9.17) is 0 Å². The van der Waals surface area contributed by atoms with Gasteiger partial charge in [-0.15, -0.1) is 0 Å². The molecule has 2 aliphatic rings. The van der Waals surface area contributed by atoms with Crippen LogP contribution in [0.25, 0.3) is 0 Å². The van der Waals surface area contributed by atoms with Crippen molar-refractivity contribution in [2.75, 3.05) is 16.8 Å². The molecular weight excluding hydrogens is 406 g/mol. The zero-order valence-corrected chi connectivity index (χ0v) is 17.8. The molecule has 0 saturated heterocycles. The molecule has 0 saturated carbocycles. The lowest BCUT2D eigenvalue weighted by Gasteiger charge is -2.17. The minimum absolute atomic E-state index is 0.0566. The summed E-state index contributed by atoms with van der Waals surface area (Å²) >= 11 is 0. The number of hydrogen-bond acceptors (Lipinski definition) is 4. The van der Waals surface area contributed by atoms with Gasteiger partial charge in [0.2, 0.25) is 5.91 Å². The summed E-state index contributed by atoms with van der Waals surface area (Å²) in [4.78, 5) is 39.7. The molecule has 32 heavy (non-hydrogen) atoms. The summed E-state index contributed by atoms with van der Waals surface area (Å²) < 4.78 is 2.91. The lowest BCUT2D eigenvalue weighted by atomic mass is 10.1. The van der Waals surface area contributed by atoms with Crippen LogP contribution in [-0.2, 0) is 30.7 Å². The summed E-state index contributed by atoms with van der Waals surface area (Å²) in [7, 11) is 0. The highest BCUT2D eigenvalue weighted by molar-refractivity contribution is 6.07. The molecule has 2 aromatic carbocycles. The lowest BCUT2D eigenvalue weighted by molar-refractivity contribution is -0.117. The highest BCUT2D eigenvalue weighted by atomic mass is 16.2. The van der Waals surface area contributed by atoms with Crippen molar-refractivity contribution in [2.45, 2.75) is 45.2 Å². The Balaban J connectivity index is 1.24. The van der Waals surface area contributed by atoms with Crippen LogP contribution in [0.15, 0.2) is 53.3 Å². The van der Waals surface area contributed by atoms with Gasteiger partial charge >= 0.3 is 5.69 Å². The smallest absolute Gasteiger partial charge is 0.324 e. The Morgan fingerprint density at radius 2 is 1.75 bits per heavy atom. The van der Waals surface area contributed by atoms with Crippen molar-refractivity contribution in [1.29, 1.82) is 0 Å². The maximum atomic E-state index is 12.9. The van der Waals surface area contributed by atoms with Gasteiger partial charge in [-0.2, -0.15) is 5.10 Å². The van der Waals surface area contributed by atoms with E-state index in [0.717, 1.165) is 43.6 Å². The second-order valence-electron chi connectivity index (χ2n) is 8.28. The van der Waals surface area contributed by atoms with Gasteiger partial charge < -0.3 is 10.2 Å². The predicted octanol–water partition coefficient (Wildman–Crippen LogP) is 2.61. The molecule has 0 radical (unpaired) electrons. The summed E-state index contributed by atoms with van der Waals surface area (Å²) in [5.74, 6) is 0.374. The fourth-order valence-corrected chi connectivity index (χ4v) is 4.47. The first kappa shape index (κ1) is 20.2. The first-order valence-electron chi connectivity index (χ1n) is 11.1. The van der Waals surface area contributed by atoms with E-state index in [1.807, 2.05) is 24.3 Å². The number of benzene rings is 2. The number of carbonyl (C=O) groups is 2. The quantitative estimate of drug-likeness (QED) is 0.688. The van der Waals surface area contributed by atoms with Crippen LogP contribution in [-0.4, -0.2) is 32.7 Å². The third-order valence-corrected chi connectivity index (χ3v) is 6.12. The second kappa shape index (κ2) is 8.45. The first-order valence-corrected chi connectivity index (χ1v) is 11.1. The summed E-state index contributed by atoms with van der Waals surface area (Å²) in [5.41, 5.74) is 3.04. The number of amides is 2. The van der Waals surface area contributed by atoms with Crippen molar-refractivity contribution >= 4 is 23.2 Å². The Hall–Kier alpha value is -3.68. The maximum absolute atomic E-state index is 12.9. The number of anilines is 2. The highest BCUT2D eigenvalue weighted by Crippen LogP contribution is 2.29. The molecule has 1 aromatic heterocycles. The number of nitrogens with zero attached hydrogens (tertiary/aromatic N) is 4. The summed E-state index contributed by atoms with van der Waals surface area (Å²) in [5, 5.41) is 7.14. The zero-order chi connectivity index (χ0) is 22.1. The van der Waals surface area contributed by atoms with Gasteiger partial charge in [-0.05, 0) is 55.2 Å². The Morgan fingerprint density at radius 3 is 2.59 bits per heavy atom. The van der Waals surface area contributed by atoms with Gasteiger partial charge in [0, 0.05) is 36.4 Å². The molecule has 5 rings (SSSR count). The van der Waals surface area contributed by atoms with Crippen LogP contribution in [0.2, 0.25) is 0 Å². The van der Waals surface area contributed by atoms with E-state index in [1.54, 1.807) is 33.7 Å². The third kappa shape index (κ3) is 3.84. The third-order valence-electron chi connectivity index (χ3n) is 6.12. The van der Waals surface area contributed by atoms with Gasteiger partial charge in [0.05, 0.1) is 0 Å². The molecule has 0 fully saturated rings. The van der Waals surface area contributed by atoms with Gasteiger partial charge in [0.1, 0.15) is 12.4 Å². The standard InChI is InChI=1S/C24H25N5O3/c30-22(16-29-24(32)28-14-5-1-2-8-21(28)26-29)25-19-11-9-18(10-12-19)23(31)27-15-13-17-6-3-4-7-20(17)27/h3-4,6-7,9-12H,1-2,5,8,13-16H2,(H,25,30). The number of fused-ring (bicyclic) bond motifs is 2. The molecule has 0 aliphatic carbocycles. The number of aromatic nitrogens is 3. The van der Waals surface area contributed by atoms with Gasteiger partial charge in [0.15, 0.2) is 0 Å². The molecule has 0 bridgehead atoms. The van der Waals surface area contributed by atoms with Crippen LogP contribution in [0, 0.1) is 0 Å². The second-order valence-corrected chi connectivity index (χ2v) is 8.28. The van der Waals surface area contributed by atoms with Gasteiger partial charge in [-0.3, -0.25) is 14.2 Å². The van der Waals surface area contributed by atoms with Crippen LogP contribution in [0.3, 0.4) is 0 Å². The molecule has 0 unspecified atom stereocenters. The lowest BCUT2D eigenvalue weighted by Crippen LogP contribution is -2.30. The first-order chi connectivity index (χ1) is 15.6. The van der Waals surface area contributed by atoms with Crippen molar-refractivity contribution in [3.8, 4) is 0 Å². The molecule has 3 aromatic rings. The van der Waals surface area contributed by atoms with E-state index >= 15 is 0 Å². The van der Waals surface area contributed by atoms with E-state index in [-0.39, 0.29) is 24.0 Å². The van der Waals surface area contributed by atoms with Gasteiger partial charge in [-0.1, -0.05) is 24.6 Å². The minimum Gasteiger partial charge on any atom is -0.324 e. The molecule has 8 nitrogen and oxygen atoms in total. The summed E-state index contributed by atoms with van der Waals surface area (Å²) in [6, 6.07) is 14.8. The monoisotopic (exact) mass is 431 g/mol. The van der Waals surface area contributed by atoms with E-state index in [2.05, 4.69) is 10.4 Å². The minimum atomic E-state index is -0.326. The van der Waals surface area contributed by atoms with E-state index < -0.39 is 0 Å². The predicted molar refractivity (Wildman–Crippen MR) is 121 cm³/mol. The Bertz CT molecular complexity index is 1230. The Morgan fingerprint density at radius 1 is 0.938 bits per heavy atom. The normalized spacial score (nSPS) is 15.1. The van der Waals surface area contributed by atoms with Crippen molar-refractivity contribution in [3.05, 3.63) is 76.0 Å². The molecule has 2 amide bonds. The molecule has 0 atom stereocenters. The summed E-state index contributed by atoms with van der Waals surface area (Å²) in [6.07, 6.45) is 4.68. The number of aryl methyl sites for hydroxylation is 1. The summed E-state index contributed by atoms with van der Waals surface area (Å²) in [6.45, 7) is 1.19. The van der Waals surface area contributed by atoms with E-state index in [9.17, 15) is 14.4 Å². The number of carbonyl (C=O) groups excluding carboxylic acids is 2. The number of rotatable bonds is 4. The number of nitrogens with one attached hydrogen (secondary N) is 1.